The second-order valence-electron chi connectivity index (χ2n) is 4.91. The van der Waals surface area contributed by atoms with Gasteiger partial charge in [-0.2, -0.15) is 12.6 Å². The van der Waals surface area contributed by atoms with Crippen LogP contribution in [0.1, 0.15) is 20.8 Å². The third-order valence-electron chi connectivity index (χ3n) is 2.79. The summed E-state index contributed by atoms with van der Waals surface area (Å²) in [5, 5.41) is 2.51. The zero-order valence-electron chi connectivity index (χ0n) is 9.41. The Hall–Kier alpha value is -0.710. The van der Waals surface area contributed by atoms with Crippen molar-refractivity contribution in [3.8, 4) is 0 Å². The number of hydrogen-bond acceptors (Lipinski definition) is 3. The Morgan fingerprint density at radius 1 is 1.47 bits per heavy atom. The molecule has 0 saturated carbocycles. The van der Waals surface area contributed by atoms with Gasteiger partial charge in [0, 0.05) is 6.54 Å². The fraction of sp³-hybridized carbons (Fsp3) is 0.800. The van der Waals surface area contributed by atoms with E-state index in [1.165, 1.54) is 4.90 Å². The van der Waals surface area contributed by atoms with E-state index in [9.17, 15) is 9.59 Å². The molecule has 1 N–H and O–H groups in total. The zero-order chi connectivity index (χ0) is 11.6. The molecule has 0 spiro atoms. The lowest BCUT2D eigenvalue weighted by atomic mass is 9.81. The second kappa shape index (κ2) is 4.43. The van der Waals surface area contributed by atoms with E-state index in [0.29, 0.717) is 12.3 Å². The van der Waals surface area contributed by atoms with Crippen LogP contribution in [0.3, 0.4) is 0 Å². The van der Waals surface area contributed by atoms with E-state index in [2.05, 4.69) is 38.7 Å². The molecular formula is C10H18N2O2S. The molecule has 15 heavy (non-hydrogen) atoms. The van der Waals surface area contributed by atoms with Crippen molar-refractivity contribution in [3.05, 3.63) is 0 Å². The minimum Gasteiger partial charge on any atom is -0.329 e. The third-order valence-corrected chi connectivity index (χ3v) is 3.23. The first kappa shape index (κ1) is 12.4. The molecule has 1 fully saturated rings. The van der Waals surface area contributed by atoms with Gasteiger partial charge >= 0.3 is 6.03 Å². The van der Waals surface area contributed by atoms with Gasteiger partial charge in [-0.3, -0.25) is 9.69 Å². The number of hydrogen-bond donors (Lipinski definition) is 2. The molecular weight excluding hydrogens is 212 g/mol. The van der Waals surface area contributed by atoms with Gasteiger partial charge in [-0.15, -0.1) is 0 Å². The Labute approximate surface area is 95.8 Å². The molecule has 1 aliphatic heterocycles. The minimum absolute atomic E-state index is 0.0465. The van der Waals surface area contributed by atoms with Crippen molar-refractivity contribution < 1.29 is 9.59 Å². The number of imide groups is 1. The van der Waals surface area contributed by atoms with Gasteiger partial charge in [-0.25, -0.2) is 4.79 Å². The molecule has 1 rings (SSSR count). The summed E-state index contributed by atoms with van der Waals surface area (Å²) in [6.45, 7) is 6.85. The van der Waals surface area contributed by atoms with Gasteiger partial charge in [-0.1, -0.05) is 20.8 Å². The number of carbonyl (C=O) groups is 2. The zero-order valence-corrected chi connectivity index (χ0v) is 10.3. The van der Waals surface area contributed by atoms with Gasteiger partial charge in [-0.05, 0) is 17.1 Å². The van der Waals surface area contributed by atoms with Crippen molar-refractivity contribution in [2.75, 3.05) is 18.8 Å². The van der Waals surface area contributed by atoms with E-state index in [-0.39, 0.29) is 29.8 Å². The Balaban J connectivity index is 2.67. The Kier molecular flexibility index (Phi) is 3.65. The van der Waals surface area contributed by atoms with Crippen molar-refractivity contribution in [2.24, 2.45) is 11.3 Å². The first-order valence-corrected chi connectivity index (χ1v) is 5.68. The van der Waals surface area contributed by atoms with E-state index < -0.39 is 0 Å². The normalized spacial score (nSPS) is 19.3. The molecule has 0 aromatic heterocycles. The SMILES string of the molecule is CC(C)(C)C(CS)CN1C(=O)CNC1=O. The highest BCUT2D eigenvalue weighted by Gasteiger charge is 2.33. The summed E-state index contributed by atoms with van der Waals surface area (Å²) in [5.41, 5.74) is 0.0465. The highest BCUT2D eigenvalue weighted by atomic mass is 32.1. The molecule has 1 unspecified atom stereocenters. The lowest BCUT2D eigenvalue weighted by Gasteiger charge is -2.31. The molecule has 3 amide bonds. The molecule has 1 atom stereocenters. The number of nitrogens with zero attached hydrogens (tertiary/aromatic N) is 1. The smallest absolute Gasteiger partial charge is 0.324 e. The molecule has 1 saturated heterocycles. The lowest BCUT2D eigenvalue weighted by molar-refractivity contribution is -0.125. The summed E-state index contributed by atoms with van der Waals surface area (Å²) in [4.78, 5) is 24.0. The van der Waals surface area contributed by atoms with E-state index in [1.54, 1.807) is 0 Å². The van der Waals surface area contributed by atoms with E-state index >= 15 is 0 Å². The van der Waals surface area contributed by atoms with Crippen LogP contribution in [0.4, 0.5) is 4.79 Å². The lowest BCUT2D eigenvalue weighted by Crippen LogP contribution is -2.40. The summed E-state index contributed by atoms with van der Waals surface area (Å²) < 4.78 is 0. The maximum absolute atomic E-state index is 11.4. The van der Waals surface area contributed by atoms with Gasteiger partial charge in [0.15, 0.2) is 0 Å². The number of urea groups is 1. The van der Waals surface area contributed by atoms with Crippen molar-refractivity contribution in [1.29, 1.82) is 0 Å². The number of amides is 3. The highest BCUT2D eigenvalue weighted by molar-refractivity contribution is 7.80. The molecule has 0 aliphatic carbocycles. The van der Waals surface area contributed by atoms with Gasteiger partial charge in [0.25, 0.3) is 0 Å². The van der Waals surface area contributed by atoms with E-state index in [1.807, 2.05) is 0 Å². The summed E-state index contributed by atoms with van der Waals surface area (Å²) in [7, 11) is 0. The summed E-state index contributed by atoms with van der Waals surface area (Å²) in [5.74, 6) is 0.741. The first-order chi connectivity index (χ1) is 6.86. The minimum atomic E-state index is -0.281. The molecule has 0 aromatic rings. The number of nitrogens with one attached hydrogen (secondary N) is 1. The van der Waals surface area contributed by atoms with E-state index in [0.717, 1.165) is 0 Å². The topological polar surface area (TPSA) is 49.4 Å². The van der Waals surface area contributed by atoms with Crippen LogP contribution in [-0.4, -0.2) is 35.7 Å². The average molecular weight is 230 g/mol. The summed E-state index contributed by atoms with van der Waals surface area (Å²) in [6, 6.07) is -0.281. The largest absolute Gasteiger partial charge is 0.329 e. The number of rotatable bonds is 3. The van der Waals surface area contributed by atoms with Crippen LogP contribution >= 0.6 is 12.6 Å². The quantitative estimate of drug-likeness (QED) is 0.564. The van der Waals surface area contributed by atoms with Crippen LogP contribution in [0.15, 0.2) is 0 Å². The van der Waals surface area contributed by atoms with Crippen molar-refractivity contribution >= 4 is 24.6 Å². The number of thiol groups is 1. The fourth-order valence-corrected chi connectivity index (χ4v) is 2.13. The van der Waals surface area contributed by atoms with Crippen LogP contribution in [0.2, 0.25) is 0 Å². The predicted molar refractivity (Wildman–Crippen MR) is 61.9 cm³/mol. The molecule has 0 bridgehead atoms. The maximum atomic E-state index is 11.4. The molecule has 0 aromatic carbocycles. The molecule has 86 valence electrons. The molecule has 5 heteroatoms. The van der Waals surface area contributed by atoms with E-state index in [4.69, 9.17) is 0 Å². The van der Waals surface area contributed by atoms with Crippen LogP contribution < -0.4 is 5.32 Å². The van der Waals surface area contributed by atoms with Crippen LogP contribution in [-0.2, 0) is 4.79 Å². The Morgan fingerprint density at radius 3 is 2.40 bits per heavy atom. The predicted octanol–water partition coefficient (Wildman–Crippen LogP) is 1.13. The number of carbonyl (C=O) groups excluding carboxylic acids is 2. The Bertz CT molecular complexity index is 257. The van der Waals surface area contributed by atoms with Crippen molar-refractivity contribution in [1.82, 2.24) is 10.2 Å². The first-order valence-electron chi connectivity index (χ1n) is 5.05. The molecule has 1 heterocycles. The highest BCUT2D eigenvalue weighted by Crippen LogP contribution is 2.28. The monoisotopic (exact) mass is 230 g/mol. The van der Waals surface area contributed by atoms with Gasteiger partial charge < -0.3 is 5.32 Å². The van der Waals surface area contributed by atoms with Crippen LogP contribution in [0.25, 0.3) is 0 Å². The molecule has 4 nitrogen and oxygen atoms in total. The molecule has 0 radical (unpaired) electrons. The fourth-order valence-electron chi connectivity index (χ4n) is 1.47. The van der Waals surface area contributed by atoms with Crippen LogP contribution in [0, 0.1) is 11.3 Å². The van der Waals surface area contributed by atoms with Gasteiger partial charge in [0.05, 0.1) is 6.54 Å². The molecule has 1 aliphatic rings. The van der Waals surface area contributed by atoms with Crippen molar-refractivity contribution in [3.63, 3.8) is 0 Å². The van der Waals surface area contributed by atoms with Crippen LogP contribution in [0.5, 0.6) is 0 Å². The van der Waals surface area contributed by atoms with Crippen molar-refractivity contribution in [2.45, 2.75) is 20.8 Å². The maximum Gasteiger partial charge on any atom is 0.324 e. The van der Waals surface area contributed by atoms with Gasteiger partial charge in [0.2, 0.25) is 5.91 Å². The Morgan fingerprint density at radius 2 is 2.07 bits per heavy atom. The van der Waals surface area contributed by atoms with Gasteiger partial charge in [0.1, 0.15) is 0 Å². The third kappa shape index (κ3) is 2.87. The summed E-state index contributed by atoms with van der Waals surface area (Å²) in [6.07, 6.45) is 0. The second-order valence-corrected chi connectivity index (χ2v) is 5.27. The standard InChI is InChI=1S/C10H18N2O2S/c1-10(2,3)7(6-15)5-12-8(13)4-11-9(12)14/h7,15H,4-6H2,1-3H3,(H,11,14). The summed E-state index contributed by atoms with van der Waals surface area (Å²) >= 11 is 4.27. The average Bonchev–Trinajstić information content (AvgIpc) is 2.41.